The van der Waals surface area contributed by atoms with Gasteiger partial charge in [-0.15, -0.1) is 0 Å². The number of rotatable bonds is 3. The van der Waals surface area contributed by atoms with Crippen molar-refractivity contribution in [3.63, 3.8) is 0 Å². The number of fused-ring (bicyclic) bond motifs is 1. The van der Waals surface area contributed by atoms with E-state index in [1.165, 1.54) is 13.3 Å². The van der Waals surface area contributed by atoms with Crippen molar-refractivity contribution in [3.8, 4) is 11.8 Å². The van der Waals surface area contributed by atoms with Crippen molar-refractivity contribution in [2.24, 2.45) is 0 Å². The van der Waals surface area contributed by atoms with E-state index in [1.54, 1.807) is 36.4 Å². The molecule has 120 valence electrons. The van der Waals surface area contributed by atoms with Gasteiger partial charge >= 0.3 is 0 Å². The summed E-state index contributed by atoms with van der Waals surface area (Å²) in [5.41, 5.74) is 7.23. The second-order valence-corrected chi connectivity index (χ2v) is 5.92. The molecular weight excluding hydrogens is 375 g/mol. The number of methoxy groups -OCH3 is 1. The predicted octanol–water partition coefficient (Wildman–Crippen LogP) is 4.48. The van der Waals surface area contributed by atoms with Crippen LogP contribution in [0.15, 0.2) is 47.1 Å². The number of nitriles is 1. The van der Waals surface area contributed by atoms with Gasteiger partial charge in [-0.2, -0.15) is 10.4 Å². The molecule has 0 spiro atoms. The van der Waals surface area contributed by atoms with Crippen molar-refractivity contribution in [3.05, 3.63) is 52.6 Å². The molecule has 0 saturated heterocycles. The van der Waals surface area contributed by atoms with Gasteiger partial charge in [-0.3, -0.25) is 4.98 Å². The summed E-state index contributed by atoms with van der Waals surface area (Å²) in [7, 11) is 1.49. The predicted molar refractivity (Wildman–Crippen MR) is 94.8 cm³/mol. The van der Waals surface area contributed by atoms with Crippen LogP contribution in [0, 0.1) is 11.3 Å². The number of aromatic nitrogens is 1. The minimum absolute atomic E-state index is 0.0925. The first kappa shape index (κ1) is 16.0. The second kappa shape index (κ2) is 6.34. The SMILES string of the molecule is COc1cc2ncc(C#N)c(N(F)c3cccc(Br)c3)c2cc1N. The van der Waals surface area contributed by atoms with Gasteiger partial charge < -0.3 is 10.5 Å². The molecule has 0 amide bonds. The minimum Gasteiger partial charge on any atom is -0.495 e. The summed E-state index contributed by atoms with van der Waals surface area (Å²) >= 11 is 3.31. The number of nitrogens with two attached hydrogens (primary N) is 1. The number of pyridine rings is 1. The van der Waals surface area contributed by atoms with Crippen LogP contribution in [-0.4, -0.2) is 12.1 Å². The van der Waals surface area contributed by atoms with E-state index < -0.39 is 0 Å². The average molecular weight is 387 g/mol. The van der Waals surface area contributed by atoms with Crippen molar-refractivity contribution >= 4 is 43.9 Å². The number of hydrogen-bond donors (Lipinski definition) is 1. The Morgan fingerprint density at radius 1 is 1.33 bits per heavy atom. The molecule has 5 nitrogen and oxygen atoms in total. The Morgan fingerprint density at radius 2 is 2.12 bits per heavy atom. The molecule has 1 aromatic heterocycles. The highest BCUT2D eigenvalue weighted by Crippen LogP contribution is 2.38. The summed E-state index contributed by atoms with van der Waals surface area (Å²) in [5, 5.41) is 10.2. The molecule has 0 fully saturated rings. The number of anilines is 3. The standard InChI is InChI=1S/C17H12BrFN4O/c1-24-16-7-15-13(6-14(16)21)17(10(8-20)9-22-15)23(19)12-4-2-3-11(18)5-12/h2-7,9H,21H2,1H3. The van der Waals surface area contributed by atoms with E-state index in [0.717, 1.165) is 4.47 Å². The van der Waals surface area contributed by atoms with Gasteiger partial charge in [0.25, 0.3) is 0 Å². The zero-order valence-corrected chi connectivity index (χ0v) is 14.2. The number of nitrogen functional groups attached to an aromatic ring is 1. The normalized spacial score (nSPS) is 10.4. The molecule has 3 rings (SSSR count). The van der Waals surface area contributed by atoms with Gasteiger partial charge in [0.15, 0.2) is 0 Å². The van der Waals surface area contributed by atoms with Crippen LogP contribution in [0.4, 0.5) is 21.5 Å². The molecule has 3 aromatic rings. The number of ether oxygens (including phenoxy) is 1. The third-order valence-corrected chi connectivity index (χ3v) is 4.04. The van der Waals surface area contributed by atoms with E-state index in [-0.39, 0.29) is 16.9 Å². The lowest BCUT2D eigenvalue weighted by Crippen LogP contribution is -2.07. The van der Waals surface area contributed by atoms with Gasteiger partial charge in [-0.1, -0.05) is 26.5 Å². The zero-order valence-electron chi connectivity index (χ0n) is 12.6. The number of hydrogen-bond acceptors (Lipinski definition) is 5. The van der Waals surface area contributed by atoms with E-state index in [1.807, 2.05) is 6.07 Å². The quantitative estimate of drug-likeness (QED) is 0.530. The van der Waals surface area contributed by atoms with Crippen LogP contribution < -0.4 is 15.6 Å². The smallest absolute Gasteiger partial charge is 0.143 e. The Hall–Kier alpha value is -2.85. The van der Waals surface area contributed by atoms with E-state index in [4.69, 9.17) is 10.5 Å². The van der Waals surface area contributed by atoms with Crippen LogP contribution in [0.2, 0.25) is 0 Å². The molecule has 0 bridgehead atoms. The molecule has 2 aromatic carbocycles. The van der Waals surface area contributed by atoms with Crippen LogP contribution in [-0.2, 0) is 0 Å². The lowest BCUT2D eigenvalue weighted by molar-refractivity contribution is 0.417. The van der Waals surface area contributed by atoms with E-state index in [9.17, 15) is 5.26 Å². The maximum atomic E-state index is 15.1. The van der Waals surface area contributed by atoms with Crippen LogP contribution >= 0.6 is 15.9 Å². The van der Waals surface area contributed by atoms with Gasteiger partial charge in [0.2, 0.25) is 0 Å². The summed E-state index contributed by atoms with van der Waals surface area (Å²) in [6.07, 6.45) is 1.33. The van der Waals surface area contributed by atoms with Crippen molar-refractivity contribution in [1.82, 2.24) is 4.98 Å². The van der Waals surface area contributed by atoms with Crippen LogP contribution in [0.1, 0.15) is 5.56 Å². The molecule has 0 atom stereocenters. The molecule has 0 aliphatic heterocycles. The third kappa shape index (κ3) is 2.72. The molecule has 7 heteroatoms. The Kier molecular flexibility index (Phi) is 4.23. The first-order chi connectivity index (χ1) is 11.5. The largest absolute Gasteiger partial charge is 0.495 e. The topological polar surface area (TPSA) is 75.2 Å². The third-order valence-electron chi connectivity index (χ3n) is 3.54. The number of benzene rings is 2. The molecular formula is C17H12BrFN4O. The first-order valence-electron chi connectivity index (χ1n) is 6.93. The highest BCUT2D eigenvalue weighted by atomic mass is 79.9. The van der Waals surface area contributed by atoms with Gasteiger partial charge in [0, 0.05) is 22.1 Å². The van der Waals surface area contributed by atoms with Gasteiger partial charge in [-0.25, -0.2) is 0 Å². The fourth-order valence-corrected chi connectivity index (χ4v) is 2.81. The number of halogens is 2. The second-order valence-electron chi connectivity index (χ2n) is 5.00. The van der Waals surface area contributed by atoms with Crippen LogP contribution in [0.25, 0.3) is 10.9 Å². The fraction of sp³-hybridized carbons (Fsp3) is 0.0588. The van der Waals surface area contributed by atoms with Crippen molar-refractivity contribution in [2.45, 2.75) is 0 Å². The summed E-state index contributed by atoms with van der Waals surface area (Å²) in [6.45, 7) is 0. The first-order valence-corrected chi connectivity index (χ1v) is 7.72. The van der Waals surface area contributed by atoms with E-state index >= 15 is 4.48 Å². The molecule has 24 heavy (non-hydrogen) atoms. The number of nitrogens with zero attached hydrogens (tertiary/aromatic N) is 3. The van der Waals surface area contributed by atoms with Gasteiger partial charge in [-0.05, 0) is 24.3 Å². The molecule has 0 saturated carbocycles. The highest BCUT2D eigenvalue weighted by molar-refractivity contribution is 9.10. The summed E-state index contributed by atoms with van der Waals surface area (Å²) in [5.74, 6) is 0.443. The lowest BCUT2D eigenvalue weighted by atomic mass is 10.1. The van der Waals surface area contributed by atoms with Gasteiger partial charge in [0.05, 0.1) is 29.6 Å². The summed E-state index contributed by atoms with van der Waals surface area (Å²) in [6, 6.07) is 11.9. The van der Waals surface area contributed by atoms with Crippen LogP contribution in [0.5, 0.6) is 5.75 Å². The Bertz CT molecular complexity index is 971. The summed E-state index contributed by atoms with van der Waals surface area (Å²) < 4.78 is 21.0. The Labute approximate surface area is 146 Å². The maximum Gasteiger partial charge on any atom is 0.143 e. The van der Waals surface area contributed by atoms with E-state index in [2.05, 4.69) is 20.9 Å². The van der Waals surface area contributed by atoms with Crippen molar-refractivity contribution < 1.29 is 9.22 Å². The molecule has 0 radical (unpaired) electrons. The molecule has 0 aliphatic rings. The zero-order chi connectivity index (χ0) is 17.3. The van der Waals surface area contributed by atoms with Crippen LogP contribution in [0.3, 0.4) is 0 Å². The Morgan fingerprint density at radius 3 is 2.79 bits per heavy atom. The molecule has 2 N–H and O–H groups in total. The minimum atomic E-state index is 0.0925. The monoisotopic (exact) mass is 386 g/mol. The molecule has 0 unspecified atom stereocenters. The average Bonchev–Trinajstić information content (AvgIpc) is 2.59. The molecule has 1 heterocycles. The van der Waals surface area contributed by atoms with Crippen molar-refractivity contribution in [1.29, 1.82) is 5.26 Å². The van der Waals surface area contributed by atoms with Gasteiger partial charge in [0.1, 0.15) is 17.5 Å². The molecule has 0 aliphatic carbocycles. The Balaban J connectivity index is 2.28. The highest BCUT2D eigenvalue weighted by Gasteiger charge is 2.19. The summed E-state index contributed by atoms with van der Waals surface area (Å²) in [4.78, 5) is 4.20. The van der Waals surface area contributed by atoms with Crippen molar-refractivity contribution in [2.75, 3.05) is 18.0 Å². The fourth-order valence-electron chi connectivity index (χ4n) is 2.42. The van der Waals surface area contributed by atoms with E-state index in [0.29, 0.717) is 27.5 Å². The maximum absolute atomic E-state index is 15.1. The lowest BCUT2D eigenvalue weighted by Gasteiger charge is -2.18.